The van der Waals surface area contributed by atoms with Crippen molar-refractivity contribution in [2.75, 3.05) is 0 Å². The van der Waals surface area contributed by atoms with Gasteiger partial charge in [-0.15, -0.1) is 0 Å². The Kier molecular flexibility index (Phi) is 5.29. The van der Waals surface area contributed by atoms with Gasteiger partial charge in [0.2, 0.25) is 5.91 Å². The molecule has 3 aromatic carbocycles. The van der Waals surface area contributed by atoms with Crippen LogP contribution in [0.5, 0.6) is 0 Å². The number of carbonyl (C=O) groups excluding carboxylic acids is 1. The van der Waals surface area contributed by atoms with Crippen LogP contribution in [0.1, 0.15) is 24.1 Å². The Bertz CT molecular complexity index is 952. The van der Waals surface area contributed by atoms with E-state index in [1.807, 2.05) is 37.3 Å². The molecular formula is C21H17BrFNO. The van der Waals surface area contributed by atoms with E-state index in [9.17, 15) is 9.18 Å². The third-order valence-electron chi connectivity index (χ3n) is 4.00. The number of hydrogen-bond acceptors (Lipinski definition) is 1. The monoisotopic (exact) mass is 397 g/mol. The summed E-state index contributed by atoms with van der Waals surface area (Å²) in [4.78, 5) is 12.1. The molecule has 0 aliphatic heterocycles. The standard InChI is InChI=1S/C21H17BrFNO/c1-14(16-7-6-15-4-2-3-5-17(15)12-16)24-21(25)11-8-18-13-19(22)9-10-20(18)23/h2-14H,1H3,(H,24,25)/t14-/m0/s1. The number of halogens is 2. The molecule has 126 valence electrons. The molecule has 3 rings (SSSR count). The minimum Gasteiger partial charge on any atom is -0.346 e. The van der Waals surface area contributed by atoms with Crippen molar-refractivity contribution in [1.29, 1.82) is 0 Å². The molecule has 0 bridgehead atoms. The first-order valence-electron chi connectivity index (χ1n) is 7.95. The molecular weight excluding hydrogens is 381 g/mol. The van der Waals surface area contributed by atoms with Crippen LogP contribution in [0.15, 0.2) is 71.2 Å². The number of hydrogen-bond donors (Lipinski definition) is 1. The lowest BCUT2D eigenvalue weighted by Gasteiger charge is -2.14. The molecule has 1 N–H and O–H groups in total. The molecule has 2 nitrogen and oxygen atoms in total. The maximum Gasteiger partial charge on any atom is 0.244 e. The van der Waals surface area contributed by atoms with Gasteiger partial charge in [0.05, 0.1) is 6.04 Å². The van der Waals surface area contributed by atoms with E-state index in [-0.39, 0.29) is 17.8 Å². The molecule has 0 aliphatic carbocycles. The van der Waals surface area contributed by atoms with Gasteiger partial charge in [0.15, 0.2) is 0 Å². The molecule has 0 saturated carbocycles. The van der Waals surface area contributed by atoms with Crippen LogP contribution in [0, 0.1) is 5.82 Å². The fourth-order valence-electron chi connectivity index (χ4n) is 2.63. The van der Waals surface area contributed by atoms with E-state index in [1.165, 1.54) is 18.2 Å². The largest absolute Gasteiger partial charge is 0.346 e. The molecule has 0 spiro atoms. The van der Waals surface area contributed by atoms with E-state index in [1.54, 1.807) is 12.1 Å². The predicted molar refractivity (Wildman–Crippen MR) is 104 cm³/mol. The zero-order valence-electron chi connectivity index (χ0n) is 13.7. The molecule has 0 aliphatic rings. The van der Waals surface area contributed by atoms with Crippen molar-refractivity contribution < 1.29 is 9.18 Å². The lowest BCUT2D eigenvalue weighted by Crippen LogP contribution is -2.24. The highest BCUT2D eigenvalue weighted by atomic mass is 79.9. The van der Waals surface area contributed by atoms with Gasteiger partial charge in [-0.25, -0.2) is 4.39 Å². The van der Waals surface area contributed by atoms with Crippen molar-refractivity contribution in [2.45, 2.75) is 13.0 Å². The number of fused-ring (bicyclic) bond motifs is 1. The van der Waals surface area contributed by atoms with Crippen molar-refractivity contribution in [2.24, 2.45) is 0 Å². The molecule has 3 aromatic rings. The zero-order valence-corrected chi connectivity index (χ0v) is 15.3. The Balaban J connectivity index is 1.71. The van der Waals surface area contributed by atoms with Gasteiger partial charge in [0.1, 0.15) is 5.82 Å². The van der Waals surface area contributed by atoms with Gasteiger partial charge in [-0.1, -0.05) is 52.3 Å². The summed E-state index contributed by atoms with van der Waals surface area (Å²) in [6.07, 6.45) is 2.82. The highest BCUT2D eigenvalue weighted by molar-refractivity contribution is 9.10. The highest BCUT2D eigenvalue weighted by Crippen LogP contribution is 2.20. The third-order valence-corrected chi connectivity index (χ3v) is 4.50. The van der Waals surface area contributed by atoms with E-state index in [0.29, 0.717) is 5.56 Å². The molecule has 0 radical (unpaired) electrons. The average molecular weight is 398 g/mol. The first-order chi connectivity index (χ1) is 12.0. The fourth-order valence-corrected chi connectivity index (χ4v) is 3.01. The van der Waals surface area contributed by atoms with Gasteiger partial charge in [0.25, 0.3) is 0 Å². The maximum atomic E-state index is 13.7. The molecule has 0 unspecified atom stereocenters. The fraction of sp³-hybridized carbons (Fsp3) is 0.0952. The summed E-state index contributed by atoms with van der Waals surface area (Å²) < 4.78 is 14.5. The summed E-state index contributed by atoms with van der Waals surface area (Å²) in [6.45, 7) is 1.93. The van der Waals surface area contributed by atoms with E-state index in [2.05, 4.69) is 33.4 Å². The molecule has 0 aromatic heterocycles. The van der Waals surface area contributed by atoms with Crippen LogP contribution in [-0.4, -0.2) is 5.91 Å². The maximum absolute atomic E-state index is 13.7. The predicted octanol–water partition coefficient (Wildman–Crippen LogP) is 5.63. The van der Waals surface area contributed by atoms with E-state index >= 15 is 0 Å². The second kappa shape index (κ2) is 7.62. The molecule has 0 heterocycles. The normalized spacial score (nSPS) is 12.4. The van der Waals surface area contributed by atoms with Crippen LogP contribution in [0.4, 0.5) is 4.39 Å². The number of amides is 1. The minimum absolute atomic E-state index is 0.144. The Morgan fingerprint density at radius 3 is 2.64 bits per heavy atom. The Labute approximate surface area is 154 Å². The lowest BCUT2D eigenvalue weighted by atomic mass is 10.0. The number of benzene rings is 3. The topological polar surface area (TPSA) is 29.1 Å². The summed E-state index contributed by atoms with van der Waals surface area (Å²) in [7, 11) is 0. The Morgan fingerprint density at radius 2 is 1.84 bits per heavy atom. The summed E-state index contributed by atoms with van der Waals surface area (Å²) in [5.74, 6) is -0.630. The summed E-state index contributed by atoms with van der Waals surface area (Å²) in [6, 6.07) is 18.7. The number of nitrogens with one attached hydrogen (secondary N) is 1. The van der Waals surface area contributed by atoms with Crippen LogP contribution < -0.4 is 5.32 Å². The van der Waals surface area contributed by atoms with Gasteiger partial charge in [0, 0.05) is 16.1 Å². The average Bonchev–Trinajstić information content (AvgIpc) is 2.62. The first-order valence-corrected chi connectivity index (χ1v) is 8.74. The Hall–Kier alpha value is -2.46. The van der Waals surface area contributed by atoms with Crippen LogP contribution >= 0.6 is 15.9 Å². The number of rotatable bonds is 4. The Morgan fingerprint density at radius 1 is 1.08 bits per heavy atom. The zero-order chi connectivity index (χ0) is 17.8. The second-order valence-corrected chi connectivity index (χ2v) is 6.75. The third kappa shape index (κ3) is 4.34. The molecule has 0 saturated heterocycles. The summed E-state index contributed by atoms with van der Waals surface area (Å²) >= 11 is 3.29. The highest BCUT2D eigenvalue weighted by Gasteiger charge is 2.08. The molecule has 1 atom stereocenters. The second-order valence-electron chi connectivity index (χ2n) is 5.84. The van der Waals surface area contributed by atoms with Gasteiger partial charge < -0.3 is 5.32 Å². The van der Waals surface area contributed by atoms with Gasteiger partial charge in [-0.05, 0) is 53.6 Å². The van der Waals surface area contributed by atoms with Crippen molar-refractivity contribution >= 4 is 38.7 Å². The lowest BCUT2D eigenvalue weighted by molar-refractivity contribution is -0.117. The van der Waals surface area contributed by atoms with Gasteiger partial charge in [-0.2, -0.15) is 0 Å². The van der Waals surface area contributed by atoms with E-state index < -0.39 is 0 Å². The van der Waals surface area contributed by atoms with Crippen LogP contribution in [0.2, 0.25) is 0 Å². The van der Waals surface area contributed by atoms with Crippen molar-refractivity contribution in [1.82, 2.24) is 5.32 Å². The molecule has 4 heteroatoms. The van der Waals surface area contributed by atoms with Crippen molar-refractivity contribution in [3.63, 3.8) is 0 Å². The number of carbonyl (C=O) groups is 1. The van der Waals surface area contributed by atoms with Crippen LogP contribution in [0.3, 0.4) is 0 Å². The van der Waals surface area contributed by atoms with E-state index in [4.69, 9.17) is 0 Å². The molecule has 1 amide bonds. The summed E-state index contributed by atoms with van der Waals surface area (Å²) in [5, 5.41) is 5.20. The van der Waals surface area contributed by atoms with Crippen molar-refractivity contribution in [3.05, 3.63) is 88.2 Å². The quantitative estimate of drug-likeness (QED) is 0.567. The molecule has 0 fully saturated rings. The van der Waals surface area contributed by atoms with E-state index in [0.717, 1.165) is 20.8 Å². The summed E-state index contributed by atoms with van der Waals surface area (Å²) in [5.41, 5.74) is 1.39. The SMILES string of the molecule is C[C@H](NC(=O)C=Cc1cc(Br)ccc1F)c1ccc2ccccc2c1. The minimum atomic E-state index is -0.366. The van der Waals surface area contributed by atoms with Crippen LogP contribution in [0.25, 0.3) is 16.8 Å². The smallest absolute Gasteiger partial charge is 0.244 e. The molecule has 25 heavy (non-hydrogen) atoms. The van der Waals surface area contributed by atoms with Gasteiger partial charge >= 0.3 is 0 Å². The van der Waals surface area contributed by atoms with Crippen LogP contribution in [-0.2, 0) is 4.79 Å². The first kappa shape index (κ1) is 17.4. The van der Waals surface area contributed by atoms with Gasteiger partial charge in [-0.3, -0.25) is 4.79 Å². The van der Waals surface area contributed by atoms with Crippen molar-refractivity contribution in [3.8, 4) is 0 Å².